The predicted molar refractivity (Wildman–Crippen MR) is 73.0 cm³/mol. The molecule has 0 radical (unpaired) electrons. The minimum atomic E-state index is 0.162. The first-order chi connectivity index (χ1) is 8.65. The number of amides is 1. The van der Waals surface area contributed by atoms with E-state index in [0.717, 1.165) is 31.2 Å². The molecule has 0 atom stereocenters. The third-order valence-electron chi connectivity index (χ3n) is 3.73. The molecule has 1 aromatic rings. The summed E-state index contributed by atoms with van der Waals surface area (Å²) in [4.78, 5) is 12.0. The van der Waals surface area contributed by atoms with Crippen LogP contribution in [0, 0.1) is 12.8 Å². The van der Waals surface area contributed by atoms with Gasteiger partial charge < -0.3 is 11.1 Å². The van der Waals surface area contributed by atoms with Crippen LogP contribution in [-0.2, 0) is 11.3 Å². The van der Waals surface area contributed by atoms with Crippen molar-refractivity contribution in [3.8, 4) is 0 Å². The second kappa shape index (κ2) is 6.01. The maximum Gasteiger partial charge on any atom is 0.223 e. The fourth-order valence-corrected chi connectivity index (χ4v) is 2.42. The maximum atomic E-state index is 12.0. The van der Waals surface area contributed by atoms with Crippen molar-refractivity contribution < 1.29 is 4.79 Å². The Bertz CT molecular complexity index is 391. The van der Waals surface area contributed by atoms with E-state index in [0.29, 0.717) is 12.6 Å². The van der Waals surface area contributed by atoms with Crippen LogP contribution in [0.15, 0.2) is 24.3 Å². The highest BCUT2D eigenvalue weighted by atomic mass is 16.1. The van der Waals surface area contributed by atoms with E-state index >= 15 is 0 Å². The Balaban J connectivity index is 1.79. The van der Waals surface area contributed by atoms with E-state index in [1.807, 2.05) is 0 Å². The smallest absolute Gasteiger partial charge is 0.223 e. The number of rotatable bonds is 3. The summed E-state index contributed by atoms with van der Waals surface area (Å²) in [6, 6.07) is 8.56. The van der Waals surface area contributed by atoms with Crippen LogP contribution in [0.2, 0.25) is 0 Å². The normalized spacial score (nSPS) is 23.7. The first-order valence-corrected chi connectivity index (χ1v) is 6.74. The van der Waals surface area contributed by atoms with Crippen LogP contribution in [0.1, 0.15) is 36.8 Å². The lowest BCUT2D eigenvalue weighted by atomic mass is 9.86. The summed E-state index contributed by atoms with van der Waals surface area (Å²) in [6.45, 7) is 2.69. The Morgan fingerprint density at radius 2 is 1.83 bits per heavy atom. The van der Waals surface area contributed by atoms with E-state index in [-0.39, 0.29) is 11.8 Å². The molecule has 2 rings (SSSR count). The van der Waals surface area contributed by atoms with Gasteiger partial charge in [-0.15, -0.1) is 0 Å². The topological polar surface area (TPSA) is 55.1 Å². The fourth-order valence-electron chi connectivity index (χ4n) is 2.42. The molecule has 1 saturated carbocycles. The Kier molecular flexibility index (Phi) is 4.37. The quantitative estimate of drug-likeness (QED) is 0.858. The highest BCUT2D eigenvalue weighted by molar-refractivity contribution is 5.78. The maximum absolute atomic E-state index is 12.0. The number of hydrogen-bond donors (Lipinski definition) is 2. The molecule has 0 unspecified atom stereocenters. The van der Waals surface area contributed by atoms with Gasteiger partial charge in [-0.1, -0.05) is 29.8 Å². The average molecular weight is 246 g/mol. The van der Waals surface area contributed by atoms with Crippen molar-refractivity contribution in [2.24, 2.45) is 11.7 Å². The first-order valence-electron chi connectivity index (χ1n) is 6.74. The molecule has 1 aromatic carbocycles. The first kappa shape index (κ1) is 13.1. The minimum absolute atomic E-state index is 0.162. The third-order valence-corrected chi connectivity index (χ3v) is 3.73. The number of nitrogens with two attached hydrogens (primary N) is 1. The minimum Gasteiger partial charge on any atom is -0.352 e. The number of benzene rings is 1. The fraction of sp³-hybridized carbons (Fsp3) is 0.533. The Morgan fingerprint density at radius 3 is 2.44 bits per heavy atom. The summed E-state index contributed by atoms with van der Waals surface area (Å²) in [5, 5.41) is 3.02. The molecule has 0 saturated heterocycles. The number of nitrogens with one attached hydrogen (secondary N) is 1. The van der Waals surface area contributed by atoms with E-state index in [2.05, 4.69) is 36.5 Å². The van der Waals surface area contributed by atoms with Crippen molar-refractivity contribution in [3.63, 3.8) is 0 Å². The van der Waals surface area contributed by atoms with Gasteiger partial charge in [-0.05, 0) is 38.2 Å². The van der Waals surface area contributed by atoms with Gasteiger partial charge in [-0.25, -0.2) is 0 Å². The molecule has 0 spiro atoms. The van der Waals surface area contributed by atoms with Crippen molar-refractivity contribution in [1.29, 1.82) is 0 Å². The van der Waals surface area contributed by atoms with Crippen LogP contribution < -0.4 is 11.1 Å². The zero-order chi connectivity index (χ0) is 13.0. The number of carbonyl (C=O) groups is 1. The van der Waals surface area contributed by atoms with Crippen LogP contribution in [-0.4, -0.2) is 11.9 Å². The number of carbonyl (C=O) groups excluding carboxylic acids is 1. The molecule has 1 amide bonds. The molecule has 0 bridgehead atoms. The van der Waals surface area contributed by atoms with Crippen molar-refractivity contribution in [2.45, 2.75) is 45.2 Å². The van der Waals surface area contributed by atoms with E-state index in [1.54, 1.807) is 0 Å². The van der Waals surface area contributed by atoms with Gasteiger partial charge in [0.15, 0.2) is 0 Å². The standard InChI is InChI=1S/C15H22N2O/c1-11-2-4-12(5-3-11)10-17-15(18)13-6-8-14(16)9-7-13/h2-5,13-14H,6-10,16H2,1H3,(H,17,18). The molecule has 3 nitrogen and oxygen atoms in total. The summed E-state index contributed by atoms with van der Waals surface area (Å²) in [6.07, 6.45) is 3.81. The van der Waals surface area contributed by atoms with Crippen molar-refractivity contribution in [2.75, 3.05) is 0 Å². The second-order valence-corrected chi connectivity index (χ2v) is 5.32. The second-order valence-electron chi connectivity index (χ2n) is 5.32. The molecule has 3 heteroatoms. The van der Waals surface area contributed by atoms with Crippen LogP contribution >= 0.6 is 0 Å². The van der Waals surface area contributed by atoms with Gasteiger partial charge in [0.2, 0.25) is 5.91 Å². The van der Waals surface area contributed by atoms with Crippen molar-refractivity contribution in [1.82, 2.24) is 5.32 Å². The van der Waals surface area contributed by atoms with Gasteiger partial charge in [-0.2, -0.15) is 0 Å². The summed E-state index contributed by atoms with van der Waals surface area (Å²) >= 11 is 0. The van der Waals surface area contributed by atoms with E-state index < -0.39 is 0 Å². The Hall–Kier alpha value is -1.35. The summed E-state index contributed by atoms with van der Waals surface area (Å²) < 4.78 is 0. The molecule has 0 aromatic heterocycles. The number of aryl methyl sites for hydroxylation is 1. The van der Waals surface area contributed by atoms with Gasteiger partial charge in [0.25, 0.3) is 0 Å². The molecule has 18 heavy (non-hydrogen) atoms. The van der Waals surface area contributed by atoms with Crippen LogP contribution in [0.4, 0.5) is 0 Å². The highest BCUT2D eigenvalue weighted by Gasteiger charge is 2.24. The van der Waals surface area contributed by atoms with E-state index in [4.69, 9.17) is 5.73 Å². The van der Waals surface area contributed by atoms with Gasteiger partial charge in [0.1, 0.15) is 0 Å². The van der Waals surface area contributed by atoms with Gasteiger partial charge in [0, 0.05) is 18.5 Å². The zero-order valence-corrected chi connectivity index (χ0v) is 11.0. The lowest BCUT2D eigenvalue weighted by molar-refractivity contribution is -0.126. The van der Waals surface area contributed by atoms with Crippen molar-refractivity contribution >= 4 is 5.91 Å². The lowest BCUT2D eigenvalue weighted by Crippen LogP contribution is -2.35. The molecule has 1 fully saturated rings. The van der Waals surface area contributed by atoms with Gasteiger partial charge >= 0.3 is 0 Å². The molecule has 0 aliphatic heterocycles. The molecular weight excluding hydrogens is 224 g/mol. The predicted octanol–water partition coefficient (Wildman–Crippen LogP) is 2.13. The summed E-state index contributed by atoms with van der Waals surface area (Å²) in [5.74, 6) is 0.345. The average Bonchev–Trinajstić information content (AvgIpc) is 2.38. The van der Waals surface area contributed by atoms with Crippen LogP contribution in [0.5, 0.6) is 0 Å². The van der Waals surface area contributed by atoms with Crippen molar-refractivity contribution in [3.05, 3.63) is 35.4 Å². The summed E-state index contributed by atoms with van der Waals surface area (Å²) in [7, 11) is 0. The largest absolute Gasteiger partial charge is 0.352 e. The zero-order valence-electron chi connectivity index (χ0n) is 11.0. The van der Waals surface area contributed by atoms with Crippen LogP contribution in [0.25, 0.3) is 0 Å². The van der Waals surface area contributed by atoms with E-state index in [1.165, 1.54) is 5.56 Å². The highest BCUT2D eigenvalue weighted by Crippen LogP contribution is 2.23. The monoisotopic (exact) mass is 246 g/mol. The molecule has 1 aliphatic rings. The number of hydrogen-bond acceptors (Lipinski definition) is 2. The van der Waals surface area contributed by atoms with E-state index in [9.17, 15) is 4.79 Å². The Morgan fingerprint density at radius 1 is 1.22 bits per heavy atom. The SMILES string of the molecule is Cc1ccc(CNC(=O)C2CCC(N)CC2)cc1. The molecule has 98 valence electrons. The lowest BCUT2D eigenvalue weighted by Gasteiger charge is -2.25. The van der Waals surface area contributed by atoms with Gasteiger partial charge in [0.05, 0.1) is 0 Å². The Labute approximate surface area is 109 Å². The molecule has 0 heterocycles. The van der Waals surface area contributed by atoms with Crippen LogP contribution in [0.3, 0.4) is 0 Å². The molecule has 3 N–H and O–H groups in total. The third kappa shape index (κ3) is 3.57. The molecular formula is C15H22N2O. The molecule has 1 aliphatic carbocycles. The summed E-state index contributed by atoms with van der Waals surface area (Å²) in [5.41, 5.74) is 8.24. The van der Waals surface area contributed by atoms with Gasteiger partial charge in [-0.3, -0.25) is 4.79 Å².